The van der Waals surface area contributed by atoms with Crippen molar-refractivity contribution in [2.45, 2.75) is 6.92 Å². The molecule has 0 saturated heterocycles. The van der Waals surface area contributed by atoms with Crippen LogP contribution in [0.4, 0.5) is 17.1 Å². The molecule has 2 N–H and O–H groups in total. The van der Waals surface area contributed by atoms with Crippen LogP contribution in [0.5, 0.6) is 5.75 Å². The third-order valence-electron chi connectivity index (χ3n) is 4.87. The first-order chi connectivity index (χ1) is 16.0. The van der Waals surface area contributed by atoms with E-state index in [1.165, 1.54) is 17.9 Å². The number of carbonyl (C=O) groups excluding carboxylic acids is 1. The summed E-state index contributed by atoms with van der Waals surface area (Å²) in [5, 5.41) is 14.3. The maximum absolute atomic E-state index is 12.8. The summed E-state index contributed by atoms with van der Waals surface area (Å²) in [5.41, 5.74) is 2.25. The number of H-pyrrole nitrogens is 1. The number of aryl methyl sites for hydroxylation is 1. The molecular weight excluding hydrogens is 442 g/mol. The molecule has 4 rings (SSSR count). The molecule has 8 nitrogen and oxygen atoms in total. The molecule has 0 saturated carbocycles. The van der Waals surface area contributed by atoms with Crippen molar-refractivity contribution in [2.24, 2.45) is 10.2 Å². The molecule has 0 spiro atoms. The Morgan fingerprint density at radius 2 is 1.70 bits per heavy atom. The normalized spacial score (nSPS) is 11.0. The number of aromatic nitrogens is 2. The van der Waals surface area contributed by atoms with E-state index in [0.29, 0.717) is 34.1 Å². The van der Waals surface area contributed by atoms with Gasteiger partial charge in [0.2, 0.25) is 0 Å². The van der Waals surface area contributed by atoms with Gasteiger partial charge in [-0.3, -0.25) is 14.7 Å². The third-order valence-corrected chi connectivity index (χ3v) is 5.18. The summed E-state index contributed by atoms with van der Waals surface area (Å²) in [7, 11) is 1.47. The van der Waals surface area contributed by atoms with Gasteiger partial charge in [-0.2, -0.15) is 0 Å². The van der Waals surface area contributed by atoms with Gasteiger partial charge < -0.3 is 10.1 Å². The Bertz CT molecular complexity index is 1380. The summed E-state index contributed by atoms with van der Waals surface area (Å²) in [4.78, 5) is 25.3. The largest absolute Gasteiger partial charge is 0.494 e. The summed E-state index contributed by atoms with van der Waals surface area (Å²) in [6.07, 6.45) is 0. The highest BCUT2D eigenvalue weighted by Gasteiger charge is 2.15. The number of amides is 1. The van der Waals surface area contributed by atoms with Gasteiger partial charge in [-0.1, -0.05) is 48.0 Å². The van der Waals surface area contributed by atoms with Crippen molar-refractivity contribution >= 4 is 34.6 Å². The molecule has 1 heterocycles. The van der Waals surface area contributed by atoms with Crippen molar-refractivity contribution in [1.82, 2.24) is 9.78 Å². The summed E-state index contributed by atoms with van der Waals surface area (Å²) < 4.78 is 6.80. The molecule has 1 aromatic heterocycles. The average Bonchev–Trinajstić information content (AvgIpc) is 3.13. The Kier molecular flexibility index (Phi) is 6.37. The smallest absolute Gasteiger partial charge is 0.299 e. The maximum Gasteiger partial charge on any atom is 0.299 e. The van der Waals surface area contributed by atoms with Crippen LogP contribution in [-0.2, 0) is 0 Å². The molecule has 0 atom stereocenters. The van der Waals surface area contributed by atoms with Crippen molar-refractivity contribution in [3.63, 3.8) is 0 Å². The molecule has 0 unspecified atom stereocenters. The highest BCUT2D eigenvalue weighted by molar-refractivity contribution is 6.34. The first-order valence-electron chi connectivity index (χ1n) is 10.0. The fourth-order valence-electron chi connectivity index (χ4n) is 3.18. The number of methoxy groups -OCH3 is 1. The number of hydrogen-bond acceptors (Lipinski definition) is 5. The number of nitrogens with zero attached hydrogens (tertiary/aromatic N) is 3. The van der Waals surface area contributed by atoms with Crippen LogP contribution in [0.3, 0.4) is 0 Å². The van der Waals surface area contributed by atoms with Crippen LogP contribution in [-0.4, -0.2) is 22.8 Å². The number of benzene rings is 3. The fraction of sp³-hybridized carbons (Fsp3) is 0.0833. The van der Waals surface area contributed by atoms with Crippen LogP contribution in [0.1, 0.15) is 16.1 Å². The second kappa shape index (κ2) is 9.54. The molecule has 33 heavy (non-hydrogen) atoms. The molecule has 0 fully saturated rings. The standard InChI is InChI=1S/C24H20ClN5O3/c1-15-22(24(32)30(29-15)17-11-7-4-8-12-17)28-27-20-13-18(25)19(14-21(20)33-2)26-23(31)16-9-5-3-6-10-16/h3-14,29H,1-2H3,(H,26,31). The summed E-state index contributed by atoms with van der Waals surface area (Å²) in [5.74, 6) is 0.0291. The first-order valence-corrected chi connectivity index (χ1v) is 10.4. The lowest BCUT2D eigenvalue weighted by atomic mass is 10.2. The number of hydrogen-bond donors (Lipinski definition) is 2. The minimum atomic E-state index is -0.334. The topological polar surface area (TPSA) is 101 Å². The predicted octanol–water partition coefficient (Wildman–Crippen LogP) is 5.80. The van der Waals surface area contributed by atoms with E-state index in [-0.39, 0.29) is 22.2 Å². The Hall–Kier alpha value is -4.17. The SMILES string of the molecule is COc1cc(NC(=O)c2ccccc2)c(Cl)cc1N=Nc1c(C)[nH]n(-c2ccccc2)c1=O. The molecule has 1 amide bonds. The zero-order valence-electron chi connectivity index (χ0n) is 17.9. The predicted molar refractivity (Wildman–Crippen MR) is 128 cm³/mol. The van der Waals surface area contributed by atoms with E-state index in [1.807, 2.05) is 36.4 Å². The molecular formula is C24H20ClN5O3. The number of azo groups is 1. The third kappa shape index (κ3) is 4.70. The molecule has 0 aliphatic rings. The highest BCUT2D eigenvalue weighted by atomic mass is 35.5. The fourth-order valence-corrected chi connectivity index (χ4v) is 3.39. The van der Waals surface area contributed by atoms with Gasteiger partial charge in [0.25, 0.3) is 11.5 Å². The zero-order valence-corrected chi connectivity index (χ0v) is 18.6. The van der Waals surface area contributed by atoms with E-state index in [0.717, 1.165) is 0 Å². The number of nitrogens with one attached hydrogen (secondary N) is 2. The molecule has 3 aromatic carbocycles. The number of rotatable bonds is 6. The monoisotopic (exact) mass is 461 g/mol. The van der Waals surface area contributed by atoms with Crippen molar-refractivity contribution < 1.29 is 9.53 Å². The zero-order chi connectivity index (χ0) is 23.4. The maximum atomic E-state index is 12.8. The van der Waals surface area contributed by atoms with Gasteiger partial charge in [-0.25, -0.2) is 4.68 Å². The van der Waals surface area contributed by atoms with E-state index >= 15 is 0 Å². The number of carbonyl (C=O) groups is 1. The van der Waals surface area contributed by atoms with Crippen molar-refractivity contribution in [1.29, 1.82) is 0 Å². The van der Waals surface area contributed by atoms with Crippen molar-refractivity contribution in [3.05, 3.63) is 99.4 Å². The van der Waals surface area contributed by atoms with E-state index in [4.69, 9.17) is 16.3 Å². The van der Waals surface area contributed by atoms with Gasteiger partial charge >= 0.3 is 0 Å². The lowest BCUT2D eigenvalue weighted by Gasteiger charge is -2.11. The van der Waals surface area contributed by atoms with Crippen LogP contribution < -0.4 is 15.6 Å². The van der Waals surface area contributed by atoms with Gasteiger partial charge in [0.15, 0.2) is 5.69 Å². The van der Waals surface area contributed by atoms with Crippen LogP contribution in [0, 0.1) is 6.92 Å². The second-order valence-corrected chi connectivity index (χ2v) is 7.49. The van der Waals surface area contributed by atoms with Crippen molar-refractivity contribution in [3.8, 4) is 11.4 Å². The summed E-state index contributed by atoms with van der Waals surface area (Å²) in [6.45, 7) is 1.74. The Morgan fingerprint density at radius 1 is 1.03 bits per heavy atom. The van der Waals surface area contributed by atoms with Gasteiger partial charge in [-0.15, -0.1) is 10.2 Å². The number of anilines is 1. The average molecular weight is 462 g/mol. The number of para-hydroxylation sites is 1. The van der Waals surface area contributed by atoms with E-state index in [2.05, 4.69) is 20.6 Å². The molecule has 0 bridgehead atoms. The van der Waals surface area contributed by atoms with Gasteiger partial charge in [0.1, 0.15) is 11.4 Å². The Balaban J connectivity index is 1.63. The number of aromatic amines is 1. The molecule has 0 aliphatic carbocycles. The van der Waals surface area contributed by atoms with Crippen LogP contribution >= 0.6 is 11.6 Å². The van der Waals surface area contributed by atoms with Gasteiger partial charge in [0, 0.05) is 11.6 Å². The minimum absolute atomic E-state index is 0.165. The van der Waals surface area contributed by atoms with Crippen LogP contribution in [0.2, 0.25) is 5.02 Å². The van der Waals surface area contributed by atoms with E-state index in [1.54, 1.807) is 37.3 Å². The Labute approximate surface area is 194 Å². The molecule has 0 aliphatic heterocycles. The van der Waals surface area contributed by atoms with E-state index in [9.17, 15) is 9.59 Å². The molecule has 4 aromatic rings. The number of ether oxygens (including phenoxy) is 1. The molecule has 166 valence electrons. The highest BCUT2D eigenvalue weighted by Crippen LogP contribution is 2.37. The van der Waals surface area contributed by atoms with E-state index < -0.39 is 0 Å². The second-order valence-electron chi connectivity index (χ2n) is 7.09. The minimum Gasteiger partial charge on any atom is -0.494 e. The van der Waals surface area contributed by atoms with Crippen LogP contribution in [0.25, 0.3) is 5.69 Å². The molecule has 9 heteroatoms. The van der Waals surface area contributed by atoms with Crippen LogP contribution in [0.15, 0.2) is 87.8 Å². The lowest BCUT2D eigenvalue weighted by molar-refractivity contribution is 0.102. The number of halogens is 1. The summed E-state index contributed by atoms with van der Waals surface area (Å²) in [6, 6.07) is 21.0. The first kappa shape index (κ1) is 22.0. The quantitative estimate of drug-likeness (QED) is 0.354. The van der Waals surface area contributed by atoms with Gasteiger partial charge in [0.05, 0.1) is 29.2 Å². The molecule has 0 radical (unpaired) electrons. The summed E-state index contributed by atoms with van der Waals surface area (Å²) >= 11 is 6.37. The Morgan fingerprint density at radius 3 is 2.36 bits per heavy atom. The lowest BCUT2D eigenvalue weighted by Crippen LogP contribution is -2.13. The van der Waals surface area contributed by atoms with Gasteiger partial charge in [-0.05, 0) is 37.3 Å². The van der Waals surface area contributed by atoms with Crippen molar-refractivity contribution in [2.75, 3.05) is 12.4 Å².